The summed E-state index contributed by atoms with van der Waals surface area (Å²) in [5.74, 6) is 1.58. The van der Waals surface area contributed by atoms with Crippen LogP contribution in [0.1, 0.15) is 0 Å². The molecule has 0 fully saturated rings. The average molecular weight is 307 g/mol. The van der Waals surface area contributed by atoms with Crippen LogP contribution in [0.5, 0.6) is 17.2 Å². The smallest absolute Gasteiger partial charge is 0.126 e. The van der Waals surface area contributed by atoms with Gasteiger partial charge in [-0.25, -0.2) is 0 Å². The second-order valence-electron chi connectivity index (χ2n) is 3.88. The van der Waals surface area contributed by atoms with Crippen LogP contribution in [0, 0.1) is 0 Å². The van der Waals surface area contributed by atoms with Gasteiger partial charge in [0.2, 0.25) is 0 Å². The number of hydrogen-bond donors (Lipinski definition) is 1. The first-order valence-corrected chi connectivity index (χ1v) is 6.55. The zero-order chi connectivity index (χ0) is 16.0. The minimum Gasteiger partial charge on any atom is -0.493 e. The third-order valence-electron chi connectivity index (χ3n) is 2.29. The van der Waals surface area contributed by atoms with Crippen LogP contribution >= 0.6 is 0 Å². The Kier molecular flexibility index (Phi) is 8.57. The summed E-state index contributed by atoms with van der Waals surface area (Å²) >= 11 is 0. The summed E-state index contributed by atoms with van der Waals surface area (Å²) in [5, 5.41) is 6.76. The molecule has 1 aromatic rings. The first kappa shape index (κ1) is 17.3. The van der Waals surface area contributed by atoms with Crippen LogP contribution in [0.25, 0.3) is 20.9 Å². The maximum atomic E-state index is 8.21. The second-order valence-corrected chi connectivity index (χ2v) is 3.88. The van der Waals surface area contributed by atoms with Crippen molar-refractivity contribution in [1.82, 2.24) is 0 Å². The molecule has 0 radical (unpaired) electrons. The third kappa shape index (κ3) is 7.11. The fourth-order valence-electron chi connectivity index (χ4n) is 1.47. The molecule has 1 aromatic carbocycles. The first-order chi connectivity index (χ1) is 10.8. The van der Waals surface area contributed by atoms with Crippen LogP contribution in [0.3, 0.4) is 0 Å². The maximum Gasteiger partial charge on any atom is 0.126 e. The van der Waals surface area contributed by atoms with Gasteiger partial charge < -0.3 is 19.9 Å². The number of benzene rings is 1. The van der Waals surface area contributed by atoms with Crippen molar-refractivity contribution in [3.05, 3.63) is 39.1 Å². The van der Waals surface area contributed by atoms with Crippen LogP contribution in [0.15, 0.2) is 28.4 Å². The van der Waals surface area contributed by atoms with Gasteiger partial charge in [-0.3, -0.25) is 0 Å². The summed E-state index contributed by atoms with van der Waals surface area (Å²) in [7, 11) is 0. The molecule has 0 saturated carbocycles. The monoisotopic (exact) mass is 307 g/mol. The number of nitrogens with zero attached hydrogens (tertiary/aromatic N) is 6. The Bertz CT molecular complexity index is 511. The van der Waals surface area contributed by atoms with Gasteiger partial charge in [-0.05, 0) is 11.1 Å². The van der Waals surface area contributed by atoms with Crippen molar-refractivity contribution < 1.29 is 14.2 Å². The van der Waals surface area contributed by atoms with Crippen molar-refractivity contribution >= 4 is 0 Å². The Labute approximate surface area is 127 Å². The Hall–Kier alpha value is -2.80. The van der Waals surface area contributed by atoms with E-state index in [2.05, 4.69) is 20.1 Å². The molecule has 2 N–H and O–H groups in total. The Morgan fingerprint density at radius 1 is 0.818 bits per heavy atom. The molecule has 0 bridgehead atoms. The van der Waals surface area contributed by atoms with E-state index in [0.29, 0.717) is 30.4 Å². The molecule has 0 aromatic heterocycles. The van der Waals surface area contributed by atoms with E-state index in [9.17, 15) is 0 Å². The van der Waals surface area contributed by atoms with Gasteiger partial charge in [0.1, 0.15) is 23.9 Å². The molecule has 0 aliphatic rings. The van der Waals surface area contributed by atoms with E-state index >= 15 is 0 Å². The van der Waals surface area contributed by atoms with Crippen molar-refractivity contribution in [1.29, 1.82) is 0 Å². The van der Waals surface area contributed by atoms with E-state index in [4.69, 9.17) is 31.0 Å². The van der Waals surface area contributed by atoms with Crippen LogP contribution in [-0.4, -0.2) is 39.5 Å². The summed E-state index contributed by atoms with van der Waals surface area (Å²) in [6, 6.07) is 5.04. The lowest BCUT2D eigenvalue weighted by molar-refractivity contribution is 0.296. The molecule has 0 amide bonds. The van der Waals surface area contributed by atoms with Gasteiger partial charge in [0.15, 0.2) is 0 Å². The van der Waals surface area contributed by atoms with E-state index < -0.39 is 0 Å². The molecular weight excluding hydrogens is 290 g/mol. The molecule has 0 aliphatic carbocycles. The van der Waals surface area contributed by atoms with Gasteiger partial charge in [0, 0.05) is 34.6 Å². The highest BCUT2D eigenvalue weighted by Gasteiger charge is 2.04. The summed E-state index contributed by atoms with van der Waals surface area (Å²) in [5.41, 5.74) is 21.8. The highest BCUT2D eigenvalue weighted by Crippen LogP contribution is 2.28. The molecule has 1 rings (SSSR count). The maximum absolute atomic E-state index is 8.21. The molecule has 10 heteroatoms. The third-order valence-corrected chi connectivity index (χ3v) is 2.29. The first-order valence-electron chi connectivity index (χ1n) is 6.55. The molecule has 0 atom stereocenters. The van der Waals surface area contributed by atoms with Crippen LogP contribution in [0.4, 0.5) is 0 Å². The van der Waals surface area contributed by atoms with Crippen LogP contribution in [0.2, 0.25) is 0 Å². The fourth-order valence-corrected chi connectivity index (χ4v) is 1.47. The number of azide groups is 2. The van der Waals surface area contributed by atoms with Crippen molar-refractivity contribution in [2.24, 2.45) is 16.0 Å². The number of rotatable bonds is 11. The van der Waals surface area contributed by atoms with Crippen molar-refractivity contribution in [2.75, 3.05) is 39.5 Å². The number of ether oxygens (including phenoxy) is 3. The molecular formula is C12H17N7O3. The molecule has 0 aliphatic heterocycles. The molecule has 22 heavy (non-hydrogen) atoms. The van der Waals surface area contributed by atoms with Crippen molar-refractivity contribution in [2.45, 2.75) is 0 Å². The highest BCUT2D eigenvalue weighted by molar-refractivity contribution is 5.42. The van der Waals surface area contributed by atoms with E-state index in [1.165, 1.54) is 0 Å². The molecule has 10 nitrogen and oxygen atoms in total. The van der Waals surface area contributed by atoms with E-state index in [1.54, 1.807) is 18.2 Å². The van der Waals surface area contributed by atoms with Gasteiger partial charge in [0.05, 0.1) is 26.3 Å². The fraction of sp³-hybridized carbons (Fsp3) is 0.500. The normalized spacial score (nSPS) is 9.32. The second kappa shape index (κ2) is 10.9. The Morgan fingerprint density at radius 3 is 1.59 bits per heavy atom. The summed E-state index contributed by atoms with van der Waals surface area (Å²) < 4.78 is 16.4. The number of nitrogens with two attached hydrogens (primary N) is 1. The quantitative estimate of drug-likeness (QED) is 0.288. The lowest BCUT2D eigenvalue weighted by atomic mass is 10.3. The lowest BCUT2D eigenvalue weighted by Gasteiger charge is -2.12. The van der Waals surface area contributed by atoms with Crippen molar-refractivity contribution in [3.63, 3.8) is 0 Å². The van der Waals surface area contributed by atoms with E-state index in [0.717, 1.165) is 0 Å². The van der Waals surface area contributed by atoms with Gasteiger partial charge in [-0.15, -0.1) is 0 Å². The minimum absolute atomic E-state index is 0.220. The van der Waals surface area contributed by atoms with Crippen molar-refractivity contribution in [3.8, 4) is 17.2 Å². The Balaban J connectivity index is 2.70. The summed E-state index contributed by atoms with van der Waals surface area (Å²) in [6.07, 6.45) is 0. The van der Waals surface area contributed by atoms with Gasteiger partial charge in [-0.1, -0.05) is 10.2 Å². The molecule has 0 unspecified atom stereocenters. The van der Waals surface area contributed by atoms with Gasteiger partial charge in [-0.2, -0.15) is 0 Å². The summed E-state index contributed by atoms with van der Waals surface area (Å²) in [4.78, 5) is 5.28. The topological polar surface area (TPSA) is 151 Å². The largest absolute Gasteiger partial charge is 0.493 e. The lowest BCUT2D eigenvalue weighted by Crippen LogP contribution is -2.11. The summed E-state index contributed by atoms with van der Waals surface area (Å²) in [6.45, 7) is 1.66. The number of hydrogen-bond acceptors (Lipinski definition) is 6. The highest BCUT2D eigenvalue weighted by atomic mass is 16.5. The molecule has 0 heterocycles. The molecule has 118 valence electrons. The zero-order valence-electron chi connectivity index (χ0n) is 12.0. The predicted molar refractivity (Wildman–Crippen MR) is 80.0 cm³/mol. The Morgan fingerprint density at radius 2 is 1.23 bits per heavy atom. The zero-order valence-corrected chi connectivity index (χ0v) is 12.0. The standard InChI is InChI=1S/C12H17N7O3/c13-1-4-20-10-7-11(21-5-2-16-18-14)9-12(8-10)22-6-3-17-19-15/h7-9H,1-6,13H2. The van der Waals surface area contributed by atoms with E-state index in [1.807, 2.05) is 0 Å². The van der Waals surface area contributed by atoms with Gasteiger partial charge >= 0.3 is 0 Å². The average Bonchev–Trinajstić information content (AvgIpc) is 2.54. The molecule has 0 saturated heterocycles. The van der Waals surface area contributed by atoms with Crippen LogP contribution in [-0.2, 0) is 0 Å². The van der Waals surface area contributed by atoms with E-state index in [-0.39, 0.29) is 26.3 Å². The van der Waals surface area contributed by atoms with Crippen LogP contribution < -0.4 is 19.9 Å². The van der Waals surface area contributed by atoms with Gasteiger partial charge in [0.25, 0.3) is 0 Å². The SMILES string of the molecule is [N-]=[N+]=NCCOc1cc(OCCN)cc(OCCN=[N+]=[N-])c1. The predicted octanol–water partition coefficient (Wildman–Crippen LogP) is 2.40. The molecule has 0 spiro atoms. The minimum atomic E-state index is 0.220.